The Bertz CT molecular complexity index is 584. The van der Waals surface area contributed by atoms with Crippen LogP contribution in [0, 0.1) is 0 Å². The van der Waals surface area contributed by atoms with Crippen molar-refractivity contribution >= 4 is 11.9 Å². The molecular weight excluding hydrogens is 314 g/mol. The van der Waals surface area contributed by atoms with Gasteiger partial charge >= 0.3 is 6.03 Å². The second-order valence-corrected chi connectivity index (χ2v) is 8.12. The Morgan fingerprint density at radius 3 is 2.28 bits per heavy atom. The molecule has 1 aliphatic carbocycles. The summed E-state index contributed by atoms with van der Waals surface area (Å²) in [7, 11) is 1.88. The largest absolute Gasteiger partial charge is 0.335 e. The maximum atomic E-state index is 12.0. The fraction of sp³-hybridized carbons (Fsp3) is 0.600. The van der Waals surface area contributed by atoms with Gasteiger partial charge in [-0.25, -0.2) is 4.79 Å². The first-order valence-electron chi connectivity index (χ1n) is 9.12. The molecule has 2 N–H and O–H groups in total. The fourth-order valence-corrected chi connectivity index (χ4v) is 3.18. The van der Waals surface area contributed by atoms with E-state index in [0.29, 0.717) is 6.54 Å². The second kappa shape index (κ2) is 8.48. The summed E-state index contributed by atoms with van der Waals surface area (Å²) in [6.07, 6.45) is 4.31. The van der Waals surface area contributed by atoms with Crippen LogP contribution in [0.1, 0.15) is 57.6 Å². The van der Waals surface area contributed by atoms with Gasteiger partial charge in [-0.2, -0.15) is 0 Å². The average Bonchev–Trinajstić information content (AvgIpc) is 2.99. The summed E-state index contributed by atoms with van der Waals surface area (Å²) in [5, 5.41) is 5.29. The van der Waals surface area contributed by atoms with Crippen LogP contribution in [0.15, 0.2) is 24.3 Å². The normalized spacial score (nSPS) is 15.4. The third kappa shape index (κ3) is 6.50. The summed E-state index contributed by atoms with van der Waals surface area (Å²) < 4.78 is 0. The van der Waals surface area contributed by atoms with E-state index in [0.717, 1.165) is 31.2 Å². The van der Waals surface area contributed by atoms with Crippen LogP contribution in [0.25, 0.3) is 0 Å². The van der Waals surface area contributed by atoms with E-state index in [9.17, 15) is 9.59 Å². The number of hydrogen-bond donors (Lipinski definition) is 2. The molecule has 0 spiro atoms. The first-order valence-corrected chi connectivity index (χ1v) is 9.12. The molecule has 0 radical (unpaired) electrons. The van der Waals surface area contributed by atoms with Crippen LogP contribution >= 0.6 is 0 Å². The van der Waals surface area contributed by atoms with Crippen LogP contribution in [-0.2, 0) is 16.8 Å². The van der Waals surface area contributed by atoms with Crippen molar-refractivity contribution < 1.29 is 9.59 Å². The Labute approximate surface area is 151 Å². The lowest BCUT2D eigenvalue weighted by Gasteiger charge is -2.20. The lowest BCUT2D eigenvalue weighted by atomic mass is 9.87. The van der Waals surface area contributed by atoms with Crippen molar-refractivity contribution in [3.8, 4) is 0 Å². The van der Waals surface area contributed by atoms with Crippen molar-refractivity contribution in [2.45, 2.75) is 64.5 Å². The van der Waals surface area contributed by atoms with Crippen LogP contribution < -0.4 is 10.6 Å². The number of carbonyl (C=O) groups is 2. The molecule has 1 saturated carbocycles. The number of nitrogens with zero attached hydrogens (tertiary/aromatic N) is 1. The molecular formula is C20H31N3O2. The summed E-state index contributed by atoms with van der Waals surface area (Å²) in [5.74, 6) is -0.274. The summed E-state index contributed by atoms with van der Waals surface area (Å²) >= 11 is 0. The van der Waals surface area contributed by atoms with Crippen molar-refractivity contribution in [3.05, 3.63) is 35.4 Å². The number of nitrogens with one attached hydrogen (secondary N) is 2. The third-order valence-corrected chi connectivity index (χ3v) is 4.63. The molecule has 0 saturated heterocycles. The molecule has 2 rings (SSSR count). The molecule has 0 unspecified atom stereocenters. The molecule has 0 heterocycles. The maximum Gasteiger partial charge on any atom is 0.321 e. The lowest BCUT2D eigenvalue weighted by Crippen LogP contribution is -2.46. The van der Waals surface area contributed by atoms with Gasteiger partial charge in [0.2, 0.25) is 5.91 Å². The number of imide groups is 1. The Morgan fingerprint density at radius 2 is 1.72 bits per heavy atom. The highest BCUT2D eigenvalue weighted by Gasteiger charge is 2.18. The van der Waals surface area contributed by atoms with Gasteiger partial charge in [-0.05, 0) is 36.4 Å². The van der Waals surface area contributed by atoms with E-state index in [2.05, 4.69) is 55.7 Å². The smallest absolute Gasteiger partial charge is 0.321 e. The summed E-state index contributed by atoms with van der Waals surface area (Å²) in [4.78, 5) is 25.7. The molecule has 0 aromatic heterocycles. The molecule has 138 valence electrons. The monoisotopic (exact) mass is 345 g/mol. The highest BCUT2D eigenvalue weighted by Crippen LogP contribution is 2.22. The highest BCUT2D eigenvalue weighted by atomic mass is 16.2. The number of benzene rings is 1. The molecule has 3 amide bonds. The zero-order chi connectivity index (χ0) is 18.4. The molecule has 1 fully saturated rings. The summed E-state index contributed by atoms with van der Waals surface area (Å²) in [6.45, 7) is 7.43. The Kier molecular flexibility index (Phi) is 6.59. The number of rotatable bonds is 5. The van der Waals surface area contributed by atoms with Gasteiger partial charge in [0.1, 0.15) is 0 Å². The van der Waals surface area contributed by atoms with Gasteiger partial charge in [0, 0.05) is 12.6 Å². The minimum atomic E-state index is -0.375. The first-order chi connectivity index (χ1) is 11.7. The molecule has 5 heteroatoms. The topological polar surface area (TPSA) is 61.4 Å². The van der Waals surface area contributed by atoms with Crippen LogP contribution in [0.4, 0.5) is 4.79 Å². The van der Waals surface area contributed by atoms with Crippen molar-refractivity contribution in [2.75, 3.05) is 13.6 Å². The van der Waals surface area contributed by atoms with E-state index >= 15 is 0 Å². The van der Waals surface area contributed by atoms with Crippen LogP contribution in [-0.4, -0.2) is 36.5 Å². The van der Waals surface area contributed by atoms with E-state index < -0.39 is 0 Å². The van der Waals surface area contributed by atoms with Gasteiger partial charge in [0.05, 0.1) is 6.54 Å². The Hall–Kier alpha value is -1.88. The maximum absolute atomic E-state index is 12.0. The van der Waals surface area contributed by atoms with Gasteiger partial charge in [-0.3, -0.25) is 15.0 Å². The Balaban J connectivity index is 1.76. The zero-order valence-electron chi connectivity index (χ0n) is 15.9. The molecule has 1 aromatic carbocycles. The van der Waals surface area contributed by atoms with Crippen molar-refractivity contribution in [2.24, 2.45) is 0 Å². The zero-order valence-corrected chi connectivity index (χ0v) is 15.9. The minimum Gasteiger partial charge on any atom is -0.335 e. The quantitative estimate of drug-likeness (QED) is 0.861. The molecule has 1 aromatic rings. The first kappa shape index (κ1) is 19.4. The van der Waals surface area contributed by atoms with E-state index in [1.165, 1.54) is 5.56 Å². The molecule has 1 aliphatic rings. The van der Waals surface area contributed by atoms with Crippen molar-refractivity contribution in [3.63, 3.8) is 0 Å². The number of urea groups is 1. The molecule has 25 heavy (non-hydrogen) atoms. The predicted octanol–water partition coefficient (Wildman–Crippen LogP) is 3.18. The van der Waals surface area contributed by atoms with Gasteiger partial charge in [-0.1, -0.05) is 57.9 Å². The van der Waals surface area contributed by atoms with Crippen molar-refractivity contribution in [1.82, 2.24) is 15.5 Å². The van der Waals surface area contributed by atoms with Crippen LogP contribution in [0.3, 0.4) is 0 Å². The van der Waals surface area contributed by atoms with E-state index in [4.69, 9.17) is 0 Å². The average molecular weight is 345 g/mol. The van der Waals surface area contributed by atoms with Crippen LogP contribution in [0.2, 0.25) is 0 Å². The SMILES string of the molecule is CN(CC(=O)NC(=O)NC1CCCC1)Cc1ccc(C(C)(C)C)cc1. The fourth-order valence-electron chi connectivity index (χ4n) is 3.18. The van der Waals surface area contributed by atoms with Gasteiger partial charge in [0.15, 0.2) is 0 Å². The van der Waals surface area contributed by atoms with E-state index in [1.807, 2.05) is 11.9 Å². The van der Waals surface area contributed by atoms with Crippen LogP contribution in [0.5, 0.6) is 0 Å². The highest BCUT2D eigenvalue weighted by molar-refractivity contribution is 5.95. The number of hydrogen-bond acceptors (Lipinski definition) is 3. The molecule has 0 atom stereocenters. The third-order valence-electron chi connectivity index (χ3n) is 4.63. The lowest BCUT2D eigenvalue weighted by molar-refractivity contribution is -0.121. The number of amides is 3. The number of likely N-dealkylation sites (N-methyl/N-ethyl adjacent to an activating group) is 1. The molecule has 0 aliphatic heterocycles. The summed E-state index contributed by atoms with van der Waals surface area (Å²) in [6, 6.07) is 8.31. The predicted molar refractivity (Wildman–Crippen MR) is 100 cm³/mol. The summed E-state index contributed by atoms with van der Waals surface area (Å²) in [5.41, 5.74) is 2.58. The van der Waals surface area contributed by atoms with E-state index in [1.54, 1.807) is 0 Å². The van der Waals surface area contributed by atoms with Crippen molar-refractivity contribution in [1.29, 1.82) is 0 Å². The standard InChI is InChI=1S/C20H31N3O2/c1-20(2,3)16-11-9-15(10-12-16)13-23(4)14-18(24)22-19(25)21-17-7-5-6-8-17/h9-12,17H,5-8,13-14H2,1-4H3,(H2,21,22,24,25). The molecule has 0 bridgehead atoms. The van der Waals surface area contributed by atoms with Gasteiger partial charge < -0.3 is 5.32 Å². The van der Waals surface area contributed by atoms with Gasteiger partial charge in [0.25, 0.3) is 0 Å². The molecule has 5 nitrogen and oxygen atoms in total. The second-order valence-electron chi connectivity index (χ2n) is 8.12. The Morgan fingerprint density at radius 1 is 1.12 bits per heavy atom. The van der Waals surface area contributed by atoms with E-state index in [-0.39, 0.29) is 29.9 Å². The van der Waals surface area contributed by atoms with Gasteiger partial charge in [-0.15, -0.1) is 0 Å². The minimum absolute atomic E-state index is 0.136. The number of carbonyl (C=O) groups excluding carboxylic acids is 2.